The van der Waals surface area contributed by atoms with Gasteiger partial charge in [0.25, 0.3) is 0 Å². The fourth-order valence-corrected chi connectivity index (χ4v) is 4.84. The summed E-state index contributed by atoms with van der Waals surface area (Å²) in [7, 11) is 1.32. The molecule has 1 aliphatic carbocycles. The number of Topliss-reactive ketones (excluding diaryl/α,β-unsaturated/α-hetero) is 1. The van der Waals surface area contributed by atoms with Crippen LogP contribution in [0.1, 0.15) is 34.5 Å². The average molecular weight is 466 g/mol. The lowest BCUT2D eigenvalue weighted by molar-refractivity contribution is -0.136. The Morgan fingerprint density at radius 1 is 1.03 bits per heavy atom. The Hall–Kier alpha value is -3.28. The number of halogens is 2. The van der Waals surface area contributed by atoms with Crippen LogP contribution in [0.3, 0.4) is 0 Å². The predicted molar refractivity (Wildman–Crippen MR) is 122 cm³/mol. The number of dihydropyridines is 1. The highest BCUT2D eigenvalue weighted by molar-refractivity contribution is 6.36. The summed E-state index contributed by atoms with van der Waals surface area (Å²) in [6.45, 7) is 1.79. The Kier molecular flexibility index (Phi) is 4.96. The number of fused-ring (bicyclic) bond motifs is 2. The van der Waals surface area contributed by atoms with E-state index in [9.17, 15) is 9.59 Å². The number of esters is 1. The van der Waals surface area contributed by atoms with Crippen LogP contribution in [-0.4, -0.2) is 18.9 Å². The maximum Gasteiger partial charge on any atom is 0.336 e. The van der Waals surface area contributed by atoms with Gasteiger partial charge in [-0.3, -0.25) is 4.79 Å². The maximum atomic E-state index is 13.4. The zero-order valence-electron chi connectivity index (χ0n) is 17.2. The Bertz CT molecular complexity index is 1370. The minimum atomic E-state index is -0.724. The summed E-state index contributed by atoms with van der Waals surface area (Å²) in [6, 6.07) is 16.0. The van der Waals surface area contributed by atoms with Gasteiger partial charge in [0, 0.05) is 33.0 Å². The van der Waals surface area contributed by atoms with Gasteiger partial charge in [-0.1, -0.05) is 47.5 Å². The van der Waals surface area contributed by atoms with E-state index >= 15 is 0 Å². The number of ether oxygens (including phenoxy) is 1. The number of rotatable bonds is 3. The van der Waals surface area contributed by atoms with Gasteiger partial charge in [0.15, 0.2) is 5.78 Å². The highest BCUT2D eigenvalue weighted by Gasteiger charge is 2.44. The maximum absolute atomic E-state index is 13.4. The van der Waals surface area contributed by atoms with Gasteiger partial charge in [-0.15, -0.1) is 0 Å². The summed E-state index contributed by atoms with van der Waals surface area (Å²) >= 11 is 12.4. The van der Waals surface area contributed by atoms with E-state index in [1.54, 1.807) is 43.3 Å². The lowest BCUT2D eigenvalue weighted by Crippen LogP contribution is -2.28. The van der Waals surface area contributed by atoms with Crippen molar-refractivity contribution < 1.29 is 18.7 Å². The van der Waals surface area contributed by atoms with Crippen molar-refractivity contribution in [3.05, 3.63) is 98.4 Å². The molecule has 0 spiro atoms. The molecule has 2 heterocycles. The summed E-state index contributed by atoms with van der Waals surface area (Å²) in [5, 5.41) is 4.20. The Labute approximate surface area is 194 Å². The third-order valence-corrected chi connectivity index (χ3v) is 6.31. The second-order valence-corrected chi connectivity index (χ2v) is 8.42. The van der Waals surface area contributed by atoms with Crippen molar-refractivity contribution in [3.63, 3.8) is 0 Å². The first kappa shape index (κ1) is 20.6. The molecule has 32 heavy (non-hydrogen) atoms. The van der Waals surface area contributed by atoms with E-state index in [0.29, 0.717) is 55.2 Å². The quantitative estimate of drug-likeness (QED) is 0.480. The van der Waals surface area contributed by atoms with Crippen molar-refractivity contribution in [1.29, 1.82) is 0 Å². The van der Waals surface area contributed by atoms with Crippen molar-refractivity contribution in [1.82, 2.24) is 5.32 Å². The normalized spacial score (nSPS) is 17.2. The molecule has 0 fully saturated rings. The van der Waals surface area contributed by atoms with Gasteiger partial charge in [0.1, 0.15) is 11.5 Å². The number of furan rings is 1. The zero-order valence-corrected chi connectivity index (χ0v) is 18.7. The van der Waals surface area contributed by atoms with Gasteiger partial charge in [-0.05, 0) is 37.3 Å². The van der Waals surface area contributed by atoms with Gasteiger partial charge in [-0.2, -0.15) is 0 Å². The zero-order chi connectivity index (χ0) is 22.6. The Morgan fingerprint density at radius 2 is 1.78 bits per heavy atom. The van der Waals surface area contributed by atoms with E-state index in [2.05, 4.69) is 5.32 Å². The van der Waals surface area contributed by atoms with E-state index < -0.39 is 11.9 Å². The minimum absolute atomic E-state index is 0.149. The highest BCUT2D eigenvalue weighted by atomic mass is 35.5. The molecule has 0 unspecified atom stereocenters. The number of carbonyl (C=O) groups is 2. The number of allylic oxidation sites excluding steroid dienone is 2. The first-order valence-corrected chi connectivity index (χ1v) is 10.7. The van der Waals surface area contributed by atoms with E-state index in [4.69, 9.17) is 32.4 Å². The summed E-state index contributed by atoms with van der Waals surface area (Å²) in [5.74, 6) is -0.450. The van der Waals surface area contributed by atoms with Crippen LogP contribution >= 0.6 is 23.2 Å². The fourth-order valence-electron chi connectivity index (χ4n) is 4.34. The monoisotopic (exact) mass is 465 g/mol. The molecule has 1 aliphatic heterocycles. The number of methoxy groups -OCH3 is 1. The first-order chi connectivity index (χ1) is 15.4. The molecule has 7 heteroatoms. The molecule has 1 N–H and O–H groups in total. The van der Waals surface area contributed by atoms with E-state index in [1.165, 1.54) is 7.11 Å². The number of hydrogen-bond acceptors (Lipinski definition) is 5. The van der Waals surface area contributed by atoms with Crippen LogP contribution in [0.4, 0.5) is 0 Å². The number of hydrogen-bond donors (Lipinski definition) is 1. The molecule has 0 saturated carbocycles. The molecule has 5 nitrogen and oxygen atoms in total. The van der Waals surface area contributed by atoms with Gasteiger partial charge in [-0.25, -0.2) is 4.79 Å². The molecule has 0 radical (unpaired) electrons. The molecule has 2 aromatic carbocycles. The highest BCUT2D eigenvalue weighted by Crippen LogP contribution is 2.47. The van der Waals surface area contributed by atoms with E-state index in [-0.39, 0.29) is 5.78 Å². The molecular formula is C25H17Cl2NO4. The third-order valence-electron chi connectivity index (χ3n) is 5.76. The standard InChI is InChI=1S/C25H17Cl2NO4/c1-12-20(25(30)31-2)21(22-23(28-12)14-5-3-4-6-15(14)24(22)29)19-10-9-18(32-19)16-8-7-13(26)11-17(16)27/h3-11,21,28H,1-2H3/t21-/m0/s1. The lowest BCUT2D eigenvalue weighted by Gasteiger charge is -2.27. The molecule has 160 valence electrons. The van der Waals surface area contributed by atoms with Crippen LogP contribution in [-0.2, 0) is 9.53 Å². The van der Waals surface area contributed by atoms with Crippen LogP contribution in [0.25, 0.3) is 17.0 Å². The van der Waals surface area contributed by atoms with Crippen LogP contribution in [0.15, 0.2) is 75.9 Å². The average Bonchev–Trinajstić information content (AvgIpc) is 3.36. The molecule has 1 atom stereocenters. The van der Waals surface area contributed by atoms with Crippen molar-refractivity contribution in [2.45, 2.75) is 12.8 Å². The Balaban J connectivity index is 1.68. The lowest BCUT2D eigenvalue weighted by atomic mass is 9.83. The van der Waals surface area contributed by atoms with Gasteiger partial charge in [0.2, 0.25) is 0 Å². The van der Waals surface area contributed by atoms with E-state index in [0.717, 1.165) is 5.56 Å². The van der Waals surface area contributed by atoms with Crippen LogP contribution in [0.2, 0.25) is 10.0 Å². The number of carbonyl (C=O) groups excluding carboxylic acids is 2. The van der Waals surface area contributed by atoms with Crippen molar-refractivity contribution in [2.75, 3.05) is 7.11 Å². The molecule has 5 rings (SSSR count). The molecule has 3 aromatic rings. The van der Waals surface area contributed by atoms with Crippen molar-refractivity contribution in [2.24, 2.45) is 0 Å². The first-order valence-electron chi connectivity index (χ1n) is 9.90. The van der Waals surface area contributed by atoms with Crippen LogP contribution in [0, 0.1) is 0 Å². The SMILES string of the molecule is COC(=O)C1=C(C)NC2=C(C(=O)c3ccccc32)[C@H]1c1ccc(-c2ccc(Cl)cc2Cl)o1. The summed E-state index contributed by atoms with van der Waals surface area (Å²) in [6.07, 6.45) is 0. The molecule has 0 saturated heterocycles. The molecular weight excluding hydrogens is 449 g/mol. The number of benzene rings is 2. The van der Waals surface area contributed by atoms with E-state index in [1.807, 2.05) is 18.2 Å². The van der Waals surface area contributed by atoms with Crippen LogP contribution in [0.5, 0.6) is 0 Å². The summed E-state index contributed by atoms with van der Waals surface area (Å²) in [4.78, 5) is 26.2. The number of ketones is 1. The molecule has 0 bridgehead atoms. The largest absolute Gasteiger partial charge is 0.466 e. The molecule has 0 amide bonds. The van der Waals surface area contributed by atoms with Crippen LogP contribution < -0.4 is 5.32 Å². The molecule has 1 aromatic heterocycles. The van der Waals surface area contributed by atoms with Crippen molar-refractivity contribution in [3.8, 4) is 11.3 Å². The van der Waals surface area contributed by atoms with Crippen molar-refractivity contribution >= 4 is 40.7 Å². The Morgan fingerprint density at radius 3 is 2.50 bits per heavy atom. The van der Waals surface area contributed by atoms with Gasteiger partial charge in [0.05, 0.1) is 29.3 Å². The van der Waals surface area contributed by atoms with Gasteiger partial charge < -0.3 is 14.5 Å². The van der Waals surface area contributed by atoms with Gasteiger partial charge >= 0.3 is 5.97 Å². The number of nitrogens with one attached hydrogen (secondary N) is 1. The summed E-state index contributed by atoms with van der Waals surface area (Å²) in [5.41, 5.74) is 4.12. The third kappa shape index (κ3) is 3.08. The minimum Gasteiger partial charge on any atom is -0.466 e. The molecule has 2 aliphatic rings. The summed E-state index contributed by atoms with van der Waals surface area (Å²) < 4.78 is 11.2. The second kappa shape index (κ2) is 7.69. The smallest absolute Gasteiger partial charge is 0.336 e. The second-order valence-electron chi connectivity index (χ2n) is 7.58. The fraction of sp³-hybridized carbons (Fsp3) is 0.120. The predicted octanol–water partition coefficient (Wildman–Crippen LogP) is 5.99. The topological polar surface area (TPSA) is 68.5 Å².